The topological polar surface area (TPSA) is 54.5 Å². The number of ether oxygens (including phenoxy) is 1. The molecule has 150 valence electrons. The Morgan fingerprint density at radius 3 is 2.72 bits per heavy atom. The largest absolute Gasteiger partial charge is 0.378 e. The number of aromatic nitrogens is 1. The quantitative estimate of drug-likeness (QED) is 0.581. The Labute approximate surface area is 179 Å². The standard InChI is InChI=1S/C22H23N3O2S2/c1-16-6-8-17(9-7-16)19-14-28-22(24-19)29-15-21(26)23-18-4-2-3-5-20(18)25-10-12-27-13-11-25/h2-9,14H,10-13,15H2,1H3,(H,23,26). The number of rotatable bonds is 6. The first kappa shape index (κ1) is 19.9. The summed E-state index contributed by atoms with van der Waals surface area (Å²) in [5, 5.41) is 5.10. The average Bonchev–Trinajstić information content (AvgIpc) is 3.23. The van der Waals surface area contributed by atoms with E-state index in [0.29, 0.717) is 19.0 Å². The minimum Gasteiger partial charge on any atom is -0.378 e. The molecule has 1 N–H and O–H groups in total. The molecule has 1 aliphatic rings. The van der Waals surface area contributed by atoms with Gasteiger partial charge in [-0.2, -0.15) is 0 Å². The number of hydrogen-bond acceptors (Lipinski definition) is 6. The van der Waals surface area contributed by atoms with Crippen LogP contribution in [0.3, 0.4) is 0 Å². The number of carbonyl (C=O) groups excluding carboxylic acids is 1. The van der Waals surface area contributed by atoms with Crippen molar-refractivity contribution in [2.24, 2.45) is 0 Å². The second-order valence-corrected chi connectivity index (χ2v) is 8.90. The summed E-state index contributed by atoms with van der Waals surface area (Å²) < 4.78 is 6.33. The smallest absolute Gasteiger partial charge is 0.234 e. The van der Waals surface area contributed by atoms with Crippen LogP contribution >= 0.6 is 23.1 Å². The Morgan fingerprint density at radius 1 is 1.17 bits per heavy atom. The number of thiazole rings is 1. The fraction of sp³-hybridized carbons (Fsp3) is 0.273. The van der Waals surface area contributed by atoms with Crippen LogP contribution in [0.5, 0.6) is 0 Å². The van der Waals surface area contributed by atoms with Crippen LogP contribution in [0.15, 0.2) is 58.3 Å². The Bertz CT molecular complexity index is 966. The van der Waals surface area contributed by atoms with Gasteiger partial charge in [0.15, 0.2) is 4.34 Å². The third kappa shape index (κ3) is 5.18. The number of aryl methyl sites for hydroxylation is 1. The van der Waals surface area contributed by atoms with E-state index in [0.717, 1.165) is 40.1 Å². The predicted molar refractivity (Wildman–Crippen MR) is 121 cm³/mol. The minimum atomic E-state index is -0.0252. The first-order valence-corrected chi connectivity index (χ1v) is 11.4. The lowest BCUT2D eigenvalue weighted by molar-refractivity contribution is -0.113. The summed E-state index contributed by atoms with van der Waals surface area (Å²) in [5.74, 6) is 0.306. The maximum atomic E-state index is 12.5. The van der Waals surface area contributed by atoms with Crippen LogP contribution < -0.4 is 10.2 Å². The molecule has 1 fully saturated rings. The molecular formula is C22H23N3O2S2. The van der Waals surface area contributed by atoms with E-state index in [2.05, 4.69) is 46.4 Å². The molecule has 1 amide bonds. The molecule has 1 aliphatic heterocycles. The number of amides is 1. The minimum absolute atomic E-state index is 0.0252. The van der Waals surface area contributed by atoms with Crippen molar-refractivity contribution in [3.63, 3.8) is 0 Å². The summed E-state index contributed by atoms with van der Waals surface area (Å²) in [6, 6.07) is 16.3. The number of nitrogens with one attached hydrogen (secondary N) is 1. The maximum absolute atomic E-state index is 12.5. The Morgan fingerprint density at radius 2 is 1.93 bits per heavy atom. The molecular weight excluding hydrogens is 402 g/mol. The van der Waals surface area contributed by atoms with Gasteiger partial charge < -0.3 is 15.0 Å². The third-order valence-corrected chi connectivity index (χ3v) is 6.71. The van der Waals surface area contributed by atoms with E-state index in [1.807, 2.05) is 29.6 Å². The van der Waals surface area contributed by atoms with Crippen molar-refractivity contribution in [2.45, 2.75) is 11.3 Å². The van der Waals surface area contributed by atoms with Crippen molar-refractivity contribution in [3.05, 3.63) is 59.5 Å². The molecule has 0 unspecified atom stereocenters. The number of anilines is 2. The van der Waals surface area contributed by atoms with Gasteiger partial charge in [0.05, 0.1) is 36.0 Å². The molecule has 7 heteroatoms. The molecule has 29 heavy (non-hydrogen) atoms. The molecule has 0 saturated carbocycles. The maximum Gasteiger partial charge on any atom is 0.234 e. The van der Waals surface area contributed by atoms with Gasteiger partial charge in [0, 0.05) is 24.0 Å². The highest BCUT2D eigenvalue weighted by Gasteiger charge is 2.16. The number of benzene rings is 2. The Balaban J connectivity index is 1.36. The van der Waals surface area contributed by atoms with Crippen LogP contribution in [0.1, 0.15) is 5.56 Å². The zero-order valence-corrected chi connectivity index (χ0v) is 17.9. The number of nitrogens with zero attached hydrogens (tertiary/aromatic N) is 2. The summed E-state index contributed by atoms with van der Waals surface area (Å²) >= 11 is 3.04. The van der Waals surface area contributed by atoms with Gasteiger partial charge in [-0.1, -0.05) is 53.7 Å². The normalized spacial score (nSPS) is 14.0. The lowest BCUT2D eigenvalue weighted by atomic mass is 10.1. The van der Waals surface area contributed by atoms with Crippen molar-refractivity contribution < 1.29 is 9.53 Å². The van der Waals surface area contributed by atoms with E-state index in [1.165, 1.54) is 17.3 Å². The van der Waals surface area contributed by atoms with Gasteiger partial charge in [0.1, 0.15) is 0 Å². The summed E-state index contributed by atoms with van der Waals surface area (Å²) in [6.45, 7) is 5.17. The van der Waals surface area contributed by atoms with E-state index in [-0.39, 0.29) is 5.91 Å². The molecule has 0 radical (unpaired) electrons. The number of hydrogen-bond donors (Lipinski definition) is 1. The molecule has 0 atom stereocenters. The molecule has 0 aliphatic carbocycles. The van der Waals surface area contributed by atoms with E-state index in [4.69, 9.17) is 4.74 Å². The molecule has 1 saturated heterocycles. The van der Waals surface area contributed by atoms with Crippen molar-refractivity contribution in [3.8, 4) is 11.3 Å². The van der Waals surface area contributed by atoms with E-state index < -0.39 is 0 Å². The summed E-state index contributed by atoms with van der Waals surface area (Å²) in [5.41, 5.74) is 5.18. The molecule has 0 bridgehead atoms. The van der Waals surface area contributed by atoms with E-state index in [1.54, 1.807) is 11.3 Å². The highest BCUT2D eigenvalue weighted by molar-refractivity contribution is 8.01. The Kier molecular flexibility index (Phi) is 6.49. The lowest BCUT2D eigenvalue weighted by Crippen LogP contribution is -2.36. The van der Waals surface area contributed by atoms with Gasteiger partial charge >= 0.3 is 0 Å². The zero-order valence-electron chi connectivity index (χ0n) is 16.3. The fourth-order valence-electron chi connectivity index (χ4n) is 3.15. The van der Waals surface area contributed by atoms with E-state index in [9.17, 15) is 4.79 Å². The van der Waals surface area contributed by atoms with Crippen LogP contribution in [-0.2, 0) is 9.53 Å². The predicted octanol–water partition coefficient (Wildman–Crippen LogP) is 4.69. The van der Waals surface area contributed by atoms with Gasteiger partial charge in [-0.3, -0.25) is 4.79 Å². The van der Waals surface area contributed by atoms with E-state index >= 15 is 0 Å². The van der Waals surface area contributed by atoms with Gasteiger partial charge in [-0.15, -0.1) is 11.3 Å². The summed E-state index contributed by atoms with van der Waals surface area (Å²) in [6.07, 6.45) is 0. The summed E-state index contributed by atoms with van der Waals surface area (Å²) in [7, 11) is 0. The van der Waals surface area contributed by atoms with Crippen molar-refractivity contribution >= 4 is 40.4 Å². The molecule has 2 heterocycles. The number of thioether (sulfide) groups is 1. The van der Waals surface area contributed by atoms with Gasteiger partial charge in [0.25, 0.3) is 0 Å². The van der Waals surface area contributed by atoms with Crippen molar-refractivity contribution in [1.29, 1.82) is 0 Å². The van der Waals surface area contributed by atoms with Gasteiger partial charge in [-0.05, 0) is 19.1 Å². The first-order valence-electron chi connectivity index (χ1n) is 9.56. The molecule has 5 nitrogen and oxygen atoms in total. The zero-order chi connectivity index (χ0) is 20.1. The monoisotopic (exact) mass is 425 g/mol. The number of morpholine rings is 1. The van der Waals surface area contributed by atoms with Crippen molar-refractivity contribution in [2.75, 3.05) is 42.3 Å². The van der Waals surface area contributed by atoms with Gasteiger partial charge in [0.2, 0.25) is 5.91 Å². The van der Waals surface area contributed by atoms with Crippen LogP contribution in [0.4, 0.5) is 11.4 Å². The molecule has 4 rings (SSSR count). The van der Waals surface area contributed by atoms with Gasteiger partial charge in [-0.25, -0.2) is 4.98 Å². The first-order chi connectivity index (χ1) is 14.2. The molecule has 3 aromatic rings. The SMILES string of the molecule is Cc1ccc(-c2csc(SCC(=O)Nc3ccccc3N3CCOCC3)n2)cc1. The van der Waals surface area contributed by atoms with Crippen molar-refractivity contribution in [1.82, 2.24) is 4.98 Å². The van der Waals surface area contributed by atoms with Crippen LogP contribution in [-0.4, -0.2) is 42.9 Å². The third-order valence-electron chi connectivity index (χ3n) is 4.69. The highest BCUT2D eigenvalue weighted by atomic mass is 32.2. The second-order valence-electron chi connectivity index (χ2n) is 6.82. The lowest BCUT2D eigenvalue weighted by Gasteiger charge is -2.30. The molecule has 1 aromatic heterocycles. The number of para-hydroxylation sites is 2. The molecule has 0 spiro atoms. The summed E-state index contributed by atoms with van der Waals surface area (Å²) in [4.78, 5) is 19.4. The molecule has 2 aromatic carbocycles. The van der Waals surface area contributed by atoms with Crippen LogP contribution in [0, 0.1) is 6.92 Å². The van der Waals surface area contributed by atoms with Crippen LogP contribution in [0.25, 0.3) is 11.3 Å². The van der Waals surface area contributed by atoms with Crippen LogP contribution in [0.2, 0.25) is 0 Å². The Hall–Kier alpha value is -2.35. The average molecular weight is 426 g/mol. The second kappa shape index (κ2) is 9.43. The number of carbonyl (C=O) groups is 1. The highest BCUT2D eigenvalue weighted by Crippen LogP contribution is 2.30. The fourth-order valence-corrected chi connectivity index (χ4v) is 4.79.